The van der Waals surface area contributed by atoms with E-state index in [1.54, 1.807) is 24.1 Å². The highest BCUT2D eigenvalue weighted by Gasteiger charge is 2.10. The Morgan fingerprint density at radius 3 is 2.95 bits per heavy atom. The Labute approximate surface area is 127 Å². The third kappa shape index (κ3) is 4.20. The van der Waals surface area contributed by atoms with E-state index >= 15 is 0 Å². The van der Waals surface area contributed by atoms with Crippen LogP contribution in [0.3, 0.4) is 0 Å². The van der Waals surface area contributed by atoms with Crippen molar-refractivity contribution in [3.05, 3.63) is 29.3 Å². The fourth-order valence-electron chi connectivity index (χ4n) is 1.84. The fourth-order valence-corrected chi connectivity index (χ4v) is 2.06. The number of aromatic nitrogens is 4. The van der Waals surface area contributed by atoms with Crippen molar-refractivity contribution in [2.75, 3.05) is 20.3 Å². The first-order chi connectivity index (χ1) is 10.2. The molecule has 0 spiro atoms. The van der Waals surface area contributed by atoms with Gasteiger partial charge in [-0.3, -0.25) is 19.4 Å². The van der Waals surface area contributed by atoms with E-state index in [2.05, 4.69) is 20.5 Å². The number of hydrogen-bond acceptors (Lipinski definition) is 5. The zero-order valence-corrected chi connectivity index (χ0v) is 12.5. The molecule has 2 N–H and O–H groups in total. The van der Waals surface area contributed by atoms with Gasteiger partial charge in [0.2, 0.25) is 5.91 Å². The molecule has 0 saturated carbocycles. The van der Waals surface area contributed by atoms with E-state index in [9.17, 15) is 4.79 Å². The third-order valence-electron chi connectivity index (χ3n) is 2.89. The molecule has 0 aliphatic carbocycles. The Bertz CT molecular complexity index is 638. The zero-order chi connectivity index (χ0) is 15.1. The van der Waals surface area contributed by atoms with Crippen molar-refractivity contribution in [2.24, 2.45) is 0 Å². The first-order valence-electron chi connectivity index (χ1n) is 6.53. The first-order valence-corrected chi connectivity index (χ1v) is 6.94. The molecule has 21 heavy (non-hydrogen) atoms. The quantitative estimate of drug-likeness (QED) is 0.592. The van der Waals surface area contributed by atoms with Crippen LogP contribution in [0.1, 0.15) is 6.42 Å². The van der Waals surface area contributed by atoms with Crippen LogP contribution >= 0.6 is 12.2 Å². The number of hydrogen-bond donors (Lipinski definition) is 2. The van der Waals surface area contributed by atoms with E-state index in [1.165, 1.54) is 0 Å². The van der Waals surface area contributed by atoms with Crippen molar-refractivity contribution in [1.29, 1.82) is 0 Å². The topological polar surface area (TPSA) is 84.8 Å². The van der Waals surface area contributed by atoms with Gasteiger partial charge in [-0.1, -0.05) is 0 Å². The Kier molecular flexibility index (Phi) is 5.59. The SMILES string of the molecule is COCCNC(=O)CCn1c(-c2ccncc2)n[nH]c1=S. The second kappa shape index (κ2) is 7.65. The molecule has 0 atom stereocenters. The lowest BCUT2D eigenvalue weighted by molar-refractivity contribution is -0.121. The number of carbonyl (C=O) groups excluding carboxylic acids is 1. The van der Waals surface area contributed by atoms with Gasteiger partial charge >= 0.3 is 0 Å². The lowest BCUT2D eigenvalue weighted by Crippen LogP contribution is -2.27. The van der Waals surface area contributed by atoms with E-state index in [0.717, 1.165) is 5.56 Å². The number of methoxy groups -OCH3 is 1. The van der Waals surface area contributed by atoms with Gasteiger partial charge in [-0.15, -0.1) is 0 Å². The van der Waals surface area contributed by atoms with Gasteiger partial charge in [0, 0.05) is 44.6 Å². The highest BCUT2D eigenvalue weighted by Crippen LogP contribution is 2.16. The van der Waals surface area contributed by atoms with Crippen LogP contribution in [0.4, 0.5) is 0 Å². The molecule has 1 amide bonds. The summed E-state index contributed by atoms with van der Waals surface area (Å²) in [5.41, 5.74) is 0.900. The molecule has 8 heteroatoms. The van der Waals surface area contributed by atoms with Crippen molar-refractivity contribution in [3.8, 4) is 11.4 Å². The third-order valence-corrected chi connectivity index (χ3v) is 3.20. The normalized spacial score (nSPS) is 10.5. The number of pyridine rings is 1. The molecular formula is C13H17N5O2S. The molecule has 2 aromatic rings. The van der Waals surface area contributed by atoms with Crippen LogP contribution in [0.25, 0.3) is 11.4 Å². The van der Waals surface area contributed by atoms with E-state index in [-0.39, 0.29) is 5.91 Å². The summed E-state index contributed by atoms with van der Waals surface area (Å²) in [5.74, 6) is 0.655. The Hall–Kier alpha value is -2.06. The predicted molar refractivity (Wildman–Crippen MR) is 80.1 cm³/mol. The van der Waals surface area contributed by atoms with E-state index in [1.807, 2.05) is 12.1 Å². The van der Waals surface area contributed by atoms with Gasteiger partial charge < -0.3 is 10.1 Å². The molecule has 0 fully saturated rings. The molecule has 2 rings (SSSR count). The molecule has 2 heterocycles. The van der Waals surface area contributed by atoms with E-state index in [0.29, 0.717) is 36.7 Å². The molecule has 112 valence electrons. The number of aromatic amines is 1. The minimum absolute atomic E-state index is 0.0455. The highest BCUT2D eigenvalue weighted by atomic mass is 32.1. The van der Waals surface area contributed by atoms with Crippen LogP contribution in [-0.4, -0.2) is 45.9 Å². The van der Waals surface area contributed by atoms with Crippen molar-refractivity contribution in [1.82, 2.24) is 25.1 Å². The van der Waals surface area contributed by atoms with Crippen LogP contribution in [0.5, 0.6) is 0 Å². The maximum Gasteiger partial charge on any atom is 0.221 e. The summed E-state index contributed by atoms with van der Waals surface area (Å²) in [4.78, 5) is 15.7. The zero-order valence-electron chi connectivity index (χ0n) is 11.7. The molecule has 2 aromatic heterocycles. The number of ether oxygens (including phenoxy) is 1. The lowest BCUT2D eigenvalue weighted by Gasteiger charge is -2.07. The average molecular weight is 307 g/mol. The lowest BCUT2D eigenvalue weighted by atomic mass is 10.2. The number of carbonyl (C=O) groups is 1. The van der Waals surface area contributed by atoms with E-state index in [4.69, 9.17) is 17.0 Å². The largest absolute Gasteiger partial charge is 0.383 e. The van der Waals surface area contributed by atoms with Crippen molar-refractivity contribution in [3.63, 3.8) is 0 Å². The summed E-state index contributed by atoms with van der Waals surface area (Å²) in [7, 11) is 1.60. The van der Waals surface area contributed by atoms with Gasteiger partial charge in [-0.05, 0) is 24.4 Å². The molecule has 7 nitrogen and oxygen atoms in total. The number of amides is 1. The Balaban J connectivity index is 2.02. The minimum Gasteiger partial charge on any atom is -0.383 e. The summed E-state index contributed by atoms with van der Waals surface area (Å²) in [6.07, 6.45) is 3.71. The fraction of sp³-hybridized carbons (Fsp3) is 0.385. The number of rotatable bonds is 7. The van der Waals surface area contributed by atoms with Crippen LogP contribution in [0.2, 0.25) is 0 Å². The smallest absolute Gasteiger partial charge is 0.221 e. The van der Waals surface area contributed by atoms with E-state index < -0.39 is 0 Å². The van der Waals surface area contributed by atoms with Crippen molar-refractivity contribution >= 4 is 18.1 Å². The first kappa shape index (κ1) is 15.3. The van der Waals surface area contributed by atoms with Crippen LogP contribution in [0.15, 0.2) is 24.5 Å². The van der Waals surface area contributed by atoms with Gasteiger partial charge in [-0.2, -0.15) is 5.10 Å². The molecule has 0 bridgehead atoms. The predicted octanol–water partition coefficient (Wildman–Crippen LogP) is 1.16. The Morgan fingerprint density at radius 1 is 1.48 bits per heavy atom. The van der Waals surface area contributed by atoms with Gasteiger partial charge in [0.05, 0.1) is 6.61 Å². The summed E-state index contributed by atoms with van der Waals surface area (Å²) >= 11 is 5.21. The van der Waals surface area contributed by atoms with Crippen molar-refractivity contribution < 1.29 is 9.53 Å². The van der Waals surface area contributed by atoms with Crippen LogP contribution in [0, 0.1) is 4.77 Å². The van der Waals surface area contributed by atoms with Crippen molar-refractivity contribution in [2.45, 2.75) is 13.0 Å². The van der Waals surface area contributed by atoms with Gasteiger partial charge in [-0.25, -0.2) is 0 Å². The Morgan fingerprint density at radius 2 is 2.24 bits per heavy atom. The maximum absolute atomic E-state index is 11.7. The standard InChI is InChI=1S/C13H17N5O2S/c1-20-9-7-15-11(19)4-8-18-12(16-17-13(18)21)10-2-5-14-6-3-10/h2-3,5-6H,4,7-9H2,1H3,(H,15,19)(H,17,21). The average Bonchev–Trinajstić information content (AvgIpc) is 2.87. The molecule has 0 unspecified atom stereocenters. The summed E-state index contributed by atoms with van der Waals surface area (Å²) in [5, 5.41) is 9.73. The molecule has 0 aromatic carbocycles. The molecular weight excluding hydrogens is 290 g/mol. The number of H-pyrrole nitrogens is 1. The molecule has 0 radical (unpaired) electrons. The maximum atomic E-state index is 11.7. The molecule has 0 aliphatic heterocycles. The second-order valence-electron chi connectivity index (χ2n) is 4.33. The van der Waals surface area contributed by atoms with Gasteiger partial charge in [0.25, 0.3) is 0 Å². The second-order valence-corrected chi connectivity index (χ2v) is 4.72. The van der Waals surface area contributed by atoms with Crippen LogP contribution in [-0.2, 0) is 16.1 Å². The van der Waals surface area contributed by atoms with Crippen LogP contribution < -0.4 is 5.32 Å². The minimum atomic E-state index is -0.0455. The monoisotopic (exact) mass is 307 g/mol. The summed E-state index contributed by atoms with van der Waals surface area (Å²) in [6.45, 7) is 1.47. The van der Waals surface area contributed by atoms with Gasteiger partial charge in [0.15, 0.2) is 10.6 Å². The summed E-state index contributed by atoms with van der Waals surface area (Å²) in [6, 6.07) is 3.69. The van der Waals surface area contributed by atoms with Gasteiger partial charge in [0.1, 0.15) is 0 Å². The summed E-state index contributed by atoms with van der Waals surface area (Å²) < 4.78 is 7.18. The highest BCUT2D eigenvalue weighted by molar-refractivity contribution is 7.71. The molecule has 0 aliphatic rings. The molecule has 0 saturated heterocycles. The number of nitrogens with zero attached hydrogens (tertiary/aromatic N) is 3. The number of nitrogens with one attached hydrogen (secondary N) is 2.